The molecule has 104 valence electrons. The number of carbonyl (C=O) groups excluding carboxylic acids is 2. The van der Waals surface area contributed by atoms with Gasteiger partial charge in [-0.25, -0.2) is 4.79 Å². The molecule has 0 saturated carbocycles. The molecule has 1 aliphatic rings. The lowest BCUT2D eigenvalue weighted by atomic mass is 10.2. The molecule has 18 heavy (non-hydrogen) atoms. The summed E-state index contributed by atoms with van der Waals surface area (Å²) in [7, 11) is 0. The summed E-state index contributed by atoms with van der Waals surface area (Å²) in [5.41, 5.74) is -0.485. The van der Waals surface area contributed by atoms with E-state index in [1.165, 1.54) is 0 Å². The molecule has 6 heteroatoms. The summed E-state index contributed by atoms with van der Waals surface area (Å²) in [6, 6.07) is 0. The molecule has 1 saturated heterocycles. The first-order valence-electron chi connectivity index (χ1n) is 6.16. The van der Waals surface area contributed by atoms with Crippen LogP contribution in [0.1, 0.15) is 33.6 Å². The van der Waals surface area contributed by atoms with Gasteiger partial charge in [0.1, 0.15) is 5.60 Å². The first kappa shape index (κ1) is 15.1. The molecule has 0 bridgehead atoms. The highest BCUT2D eigenvalue weighted by atomic mass is 35.5. The Morgan fingerprint density at radius 3 is 2.72 bits per heavy atom. The van der Waals surface area contributed by atoms with Crippen LogP contribution in [0.5, 0.6) is 0 Å². The standard InChI is InChI=1S/C12H21ClN2O3/c1-12(2,3)18-11(17)14-5-4-6-15-8-9(13)7-10(15)16/h9H,4-8H2,1-3H3,(H,14,17). The lowest BCUT2D eigenvalue weighted by Crippen LogP contribution is -2.34. The second kappa shape index (κ2) is 6.27. The van der Waals surface area contributed by atoms with Crippen molar-refractivity contribution in [1.82, 2.24) is 10.2 Å². The van der Waals surface area contributed by atoms with E-state index in [9.17, 15) is 9.59 Å². The number of hydrogen-bond acceptors (Lipinski definition) is 3. The van der Waals surface area contributed by atoms with Crippen LogP contribution in [-0.2, 0) is 9.53 Å². The molecule has 0 aromatic carbocycles. The molecular formula is C12H21ClN2O3. The van der Waals surface area contributed by atoms with Gasteiger partial charge in [-0.2, -0.15) is 0 Å². The van der Waals surface area contributed by atoms with E-state index in [2.05, 4.69) is 5.32 Å². The highest BCUT2D eigenvalue weighted by molar-refractivity contribution is 6.22. The lowest BCUT2D eigenvalue weighted by Gasteiger charge is -2.20. The summed E-state index contributed by atoms with van der Waals surface area (Å²) >= 11 is 5.89. The predicted octanol–water partition coefficient (Wildman–Crippen LogP) is 1.74. The number of amides is 2. The number of alkyl carbamates (subject to hydrolysis) is 1. The van der Waals surface area contributed by atoms with Gasteiger partial charge in [0.2, 0.25) is 5.91 Å². The molecule has 2 amide bonds. The Bertz CT molecular complexity index is 315. The number of ether oxygens (including phenoxy) is 1. The average molecular weight is 277 g/mol. The third-order valence-electron chi connectivity index (χ3n) is 2.44. The Morgan fingerprint density at radius 2 is 2.22 bits per heavy atom. The van der Waals surface area contributed by atoms with Crippen LogP contribution >= 0.6 is 11.6 Å². The van der Waals surface area contributed by atoms with E-state index in [1.807, 2.05) is 20.8 Å². The normalized spacial score (nSPS) is 20.1. The van der Waals surface area contributed by atoms with Gasteiger partial charge in [0.25, 0.3) is 0 Å². The number of halogens is 1. The molecule has 0 spiro atoms. The zero-order valence-electron chi connectivity index (χ0n) is 11.2. The van der Waals surface area contributed by atoms with Crippen molar-refractivity contribution in [2.45, 2.75) is 44.6 Å². The molecular weight excluding hydrogens is 256 g/mol. The Balaban J connectivity index is 2.12. The fourth-order valence-corrected chi connectivity index (χ4v) is 2.01. The fourth-order valence-electron chi connectivity index (χ4n) is 1.71. The van der Waals surface area contributed by atoms with Gasteiger partial charge < -0.3 is 15.0 Å². The van der Waals surface area contributed by atoms with Gasteiger partial charge in [0, 0.05) is 26.1 Å². The summed E-state index contributed by atoms with van der Waals surface area (Å²) in [4.78, 5) is 24.5. The fraction of sp³-hybridized carbons (Fsp3) is 0.833. The summed E-state index contributed by atoms with van der Waals surface area (Å²) in [5, 5.41) is 2.58. The molecule has 0 radical (unpaired) electrons. The van der Waals surface area contributed by atoms with E-state index in [1.54, 1.807) is 4.90 Å². The van der Waals surface area contributed by atoms with Crippen LogP contribution in [0.4, 0.5) is 4.79 Å². The van der Waals surface area contributed by atoms with Crippen molar-refractivity contribution in [3.8, 4) is 0 Å². The molecule has 0 aliphatic carbocycles. The highest BCUT2D eigenvalue weighted by Gasteiger charge is 2.27. The summed E-state index contributed by atoms with van der Waals surface area (Å²) < 4.78 is 5.10. The van der Waals surface area contributed by atoms with Crippen LogP contribution < -0.4 is 5.32 Å². The van der Waals surface area contributed by atoms with Crippen LogP contribution in [-0.4, -0.2) is 47.5 Å². The molecule has 1 heterocycles. The van der Waals surface area contributed by atoms with E-state index in [0.29, 0.717) is 32.5 Å². The van der Waals surface area contributed by atoms with Crippen molar-refractivity contribution in [1.29, 1.82) is 0 Å². The monoisotopic (exact) mass is 276 g/mol. The van der Waals surface area contributed by atoms with E-state index < -0.39 is 11.7 Å². The molecule has 1 aliphatic heterocycles. The predicted molar refractivity (Wildman–Crippen MR) is 69.7 cm³/mol. The molecule has 0 aromatic heterocycles. The minimum atomic E-state index is -0.485. The first-order valence-corrected chi connectivity index (χ1v) is 6.60. The largest absolute Gasteiger partial charge is 0.444 e. The van der Waals surface area contributed by atoms with Crippen LogP contribution in [0.2, 0.25) is 0 Å². The Morgan fingerprint density at radius 1 is 1.56 bits per heavy atom. The molecule has 1 unspecified atom stereocenters. The maximum Gasteiger partial charge on any atom is 0.407 e. The third-order valence-corrected chi connectivity index (χ3v) is 2.73. The zero-order valence-corrected chi connectivity index (χ0v) is 11.9. The van der Waals surface area contributed by atoms with Crippen molar-refractivity contribution in [2.75, 3.05) is 19.6 Å². The number of hydrogen-bond donors (Lipinski definition) is 1. The minimum Gasteiger partial charge on any atom is -0.444 e. The smallest absolute Gasteiger partial charge is 0.407 e. The van der Waals surface area contributed by atoms with E-state index >= 15 is 0 Å². The van der Waals surface area contributed by atoms with Crippen LogP contribution in [0, 0.1) is 0 Å². The summed E-state index contributed by atoms with van der Waals surface area (Å²) in [6.07, 6.45) is 0.695. The molecule has 0 aromatic rings. The maximum atomic E-state index is 11.4. The lowest BCUT2D eigenvalue weighted by molar-refractivity contribution is -0.127. The van der Waals surface area contributed by atoms with Gasteiger partial charge in [-0.3, -0.25) is 4.79 Å². The third kappa shape index (κ3) is 5.58. The molecule has 1 rings (SSSR count). The Kier molecular flexibility index (Phi) is 5.26. The SMILES string of the molecule is CC(C)(C)OC(=O)NCCCN1CC(Cl)CC1=O. The highest BCUT2D eigenvalue weighted by Crippen LogP contribution is 2.16. The molecule has 5 nitrogen and oxygen atoms in total. The zero-order chi connectivity index (χ0) is 13.8. The van der Waals surface area contributed by atoms with Gasteiger partial charge in [0.05, 0.1) is 5.38 Å². The van der Waals surface area contributed by atoms with Gasteiger partial charge >= 0.3 is 6.09 Å². The van der Waals surface area contributed by atoms with Gasteiger partial charge in [-0.05, 0) is 27.2 Å². The average Bonchev–Trinajstić information content (AvgIpc) is 2.49. The van der Waals surface area contributed by atoms with E-state index in [0.717, 1.165) is 0 Å². The number of carbonyl (C=O) groups is 2. The molecule has 1 atom stereocenters. The number of nitrogens with one attached hydrogen (secondary N) is 1. The molecule has 1 N–H and O–H groups in total. The van der Waals surface area contributed by atoms with Crippen molar-refractivity contribution in [3.05, 3.63) is 0 Å². The number of rotatable bonds is 4. The van der Waals surface area contributed by atoms with Crippen LogP contribution in [0.15, 0.2) is 0 Å². The van der Waals surface area contributed by atoms with Crippen LogP contribution in [0.25, 0.3) is 0 Å². The molecule has 1 fully saturated rings. The minimum absolute atomic E-state index is 0.0729. The first-order chi connectivity index (χ1) is 8.28. The Hall–Kier alpha value is -0.970. The topological polar surface area (TPSA) is 58.6 Å². The Labute approximate surface area is 113 Å². The van der Waals surface area contributed by atoms with Crippen molar-refractivity contribution >= 4 is 23.6 Å². The summed E-state index contributed by atoms with van der Waals surface area (Å²) in [5.74, 6) is 0.0901. The maximum absolute atomic E-state index is 11.4. The van der Waals surface area contributed by atoms with Gasteiger partial charge in [-0.1, -0.05) is 0 Å². The van der Waals surface area contributed by atoms with E-state index in [-0.39, 0.29) is 11.3 Å². The van der Waals surface area contributed by atoms with Gasteiger partial charge in [-0.15, -0.1) is 11.6 Å². The van der Waals surface area contributed by atoms with Crippen molar-refractivity contribution in [3.63, 3.8) is 0 Å². The quantitative estimate of drug-likeness (QED) is 0.629. The number of nitrogens with zero attached hydrogens (tertiary/aromatic N) is 1. The van der Waals surface area contributed by atoms with Crippen molar-refractivity contribution < 1.29 is 14.3 Å². The van der Waals surface area contributed by atoms with Crippen LogP contribution in [0.3, 0.4) is 0 Å². The second-order valence-electron chi connectivity index (χ2n) is 5.42. The van der Waals surface area contributed by atoms with Crippen molar-refractivity contribution in [2.24, 2.45) is 0 Å². The number of likely N-dealkylation sites (tertiary alicyclic amines) is 1. The van der Waals surface area contributed by atoms with Gasteiger partial charge in [0.15, 0.2) is 0 Å². The second-order valence-corrected chi connectivity index (χ2v) is 6.04. The number of alkyl halides is 1. The summed E-state index contributed by atoms with van der Waals surface area (Å²) in [6.45, 7) is 7.17. The van der Waals surface area contributed by atoms with E-state index in [4.69, 9.17) is 16.3 Å².